The highest BCUT2D eigenvalue weighted by molar-refractivity contribution is 7.10. The van der Waals surface area contributed by atoms with Crippen LogP contribution in [-0.2, 0) is 16.0 Å². The van der Waals surface area contributed by atoms with Crippen molar-refractivity contribution in [2.75, 3.05) is 0 Å². The number of carboxylic acid groups (broad SMARTS) is 1. The molecular formula is C12H17NO3S. The summed E-state index contributed by atoms with van der Waals surface area (Å²) < 4.78 is 0. The molecule has 4 nitrogen and oxygen atoms in total. The number of carbonyl (C=O) groups excluding carboxylic acids is 1. The van der Waals surface area contributed by atoms with Gasteiger partial charge < -0.3 is 10.4 Å². The lowest BCUT2D eigenvalue weighted by molar-refractivity contribution is -0.148. The first-order chi connectivity index (χ1) is 8.04. The molecule has 1 rings (SSSR count). The third kappa shape index (κ3) is 3.30. The fourth-order valence-corrected chi connectivity index (χ4v) is 2.37. The van der Waals surface area contributed by atoms with E-state index >= 15 is 0 Å². The zero-order valence-corrected chi connectivity index (χ0v) is 10.8. The molecule has 5 heteroatoms. The van der Waals surface area contributed by atoms with Gasteiger partial charge in [-0.25, -0.2) is 4.79 Å². The van der Waals surface area contributed by atoms with E-state index in [0.717, 1.165) is 4.88 Å². The maximum absolute atomic E-state index is 11.8. The second-order valence-electron chi connectivity index (χ2n) is 3.90. The third-order valence-electron chi connectivity index (χ3n) is 2.91. The predicted octanol–water partition coefficient (Wildman–Crippen LogP) is 2.05. The average molecular weight is 255 g/mol. The molecule has 0 aliphatic heterocycles. The molecule has 94 valence electrons. The topological polar surface area (TPSA) is 66.4 Å². The van der Waals surface area contributed by atoms with Gasteiger partial charge in [-0.2, -0.15) is 0 Å². The van der Waals surface area contributed by atoms with Gasteiger partial charge in [0.15, 0.2) is 0 Å². The second kappa shape index (κ2) is 5.82. The molecule has 0 saturated heterocycles. The van der Waals surface area contributed by atoms with Crippen LogP contribution >= 0.6 is 11.3 Å². The van der Waals surface area contributed by atoms with E-state index in [1.54, 1.807) is 13.8 Å². The Morgan fingerprint density at radius 3 is 2.47 bits per heavy atom. The first-order valence-corrected chi connectivity index (χ1v) is 6.49. The SMILES string of the molecule is CCC(CC)(NC(=O)Cc1cccs1)C(=O)O. The van der Waals surface area contributed by atoms with Crippen LogP contribution in [0.25, 0.3) is 0 Å². The van der Waals surface area contributed by atoms with E-state index in [-0.39, 0.29) is 12.3 Å². The van der Waals surface area contributed by atoms with Crippen LogP contribution in [0.5, 0.6) is 0 Å². The quantitative estimate of drug-likeness (QED) is 0.817. The summed E-state index contributed by atoms with van der Waals surface area (Å²) in [4.78, 5) is 23.9. The molecule has 0 spiro atoms. The van der Waals surface area contributed by atoms with Crippen LogP contribution in [0.4, 0.5) is 0 Å². The van der Waals surface area contributed by atoms with E-state index in [1.807, 2.05) is 17.5 Å². The van der Waals surface area contributed by atoms with Crippen LogP contribution in [0.3, 0.4) is 0 Å². The van der Waals surface area contributed by atoms with Crippen LogP contribution in [0.15, 0.2) is 17.5 Å². The number of hydrogen-bond donors (Lipinski definition) is 2. The van der Waals surface area contributed by atoms with Crippen molar-refractivity contribution in [2.24, 2.45) is 0 Å². The minimum atomic E-state index is -1.13. The molecule has 0 aliphatic carbocycles. The number of carbonyl (C=O) groups is 2. The molecule has 2 N–H and O–H groups in total. The molecule has 0 bridgehead atoms. The Kier molecular flexibility index (Phi) is 4.69. The van der Waals surface area contributed by atoms with Gasteiger partial charge in [-0.05, 0) is 24.3 Å². The molecule has 0 aromatic carbocycles. The monoisotopic (exact) mass is 255 g/mol. The van der Waals surface area contributed by atoms with Crippen molar-refractivity contribution in [3.05, 3.63) is 22.4 Å². The fourth-order valence-electron chi connectivity index (χ4n) is 1.67. The summed E-state index contributed by atoms with van der Waals surface area (Å²) in [5.74, 6) is -1.21. The molecule has 1 amide bonds. The van der Waals surface area contributed by atoms with Crippen LogP contribution in [-0.4, -0.2) is 22.5 Å². The second-order valence-corrected chi connectivity index (χ2v) is 4.93. The first-order valence-electron chi connectivity index (χ1n) is 5.61. The summed E-state index contributed by atoms with van der Waals surface area (Å²) in [6, 6.07) is 3.74. The Balaban J connectivity index is 2.68. The highest BCUT2D eigenvalue weighted by Crippen LogP contribution is 2.16. The average Bonchev–Trinajstić information content (AvgIpc) is 2.78. The number of amides is 1. The summed E-state index contributed by atoms with van der Waals surface area (Å²) in [6.07, 6.45) is 1.01. The third-order valence-corrected chi connectivity index (χ3v) is 3.79. The number of aliphatic carboxylic acids is 1. The van der Waals surface area contributed by atoms with Gasteiger partial charge in [0, 0.05) is 4.88 Å². The maximum atomic E-state index is 11.8. The molecule has 0 aliphatic rings. The van der Waals surface area contributed by atoms with Crippen molar-refractivity contribution in [3.63, 3.8) is 0 Å². The highest BCUT2D eigenvalue weighted by Gasteiger charge is 2.36. The van der Waals surface area contributed by atoms with Gasteiger partial charge in [0.25, 0.3) is 0 Å². The fraction of sp³-hybridized carbons (Fsp3) is 0.500. The van der Waals surface area contributed by atoms with E-state index < -0.39 is 11.5 Å². The summed E-state index contributed by atoms with van der Waals surface area (Å²) >= 11 is 1.49. The standard InChI is InChI=1S/C12H17NO3S/c1-3-12(4-2,11(15)16)13-10(14)8-9-6-5-7-17-9/h5-7H,3-4,8H2,1-2H3,(H,13,14)(H,15,16). The number of hydrogen-bond acceptors (Lipinski definition) is 3. The molecule has 0 unspecified atom stereocenters. The van der Waals surface area contributed by atoms with Gasteiger partial charge in [-0.15, -0.1) is 11.3 Å². The molecule has 0 saturated carbocycles. The number of rotatable bonds is 6. The van der Waals surface area contributed by atoms with E-state index in [4.69, 9.17) is 0 Å². The van der Waals surface area contributed by atoms with Crippen molar-refractivity contribution < 1.29 is 14.7 Å². The molecule has 0 fully saturated rings. The van der Waals surface area contributed by atoms with Crippen LogP contribution in [0, 0.1) is 0 Å². The molecule has 1 aromatic rings. The van der Waals surface area contributed by atoms with Crippen molar-refractivity contribution in [1.29, 1.82) is 0 Å². The minimum absolute atomic E-state index is 0.237. The Labute approximate surface area is 105 Å². The predicted molar refractivity (Wildman–Crippen MR) is 67.1 cm³/mol. The van der Waals surface area contributed by atoms with Crippen molar-refractivity contribution >= 4 is 23.2 Å². The number of nitrogens with one attached hydrogen (secondary N) is 1. The summed E-state index contributed by atoms with van der Waals surface area (Å²) in [7, 11) is 0. The van der Waals surface area contributed by atoms with E-state index in [2.05, 4.69) is 5.32 Å². The summed E-state index contributed by atoms with van der Waals surface area (Å²) in [5, 5.41) is 13.7. The normalized spacial score (nSPS) is 11.2. The first kappa shape index (κ1) is 13.7. The minimum Gasteiger partial charge on any atom is -0.480 e. The number of thiophene rings is 1. The summed E-state index contributed by atoms with van der Waals surface area (Å²) in [6.45, 7) is 3.53. The van der Waals surface area contributed by atoms with Crippen LogP contribution < -0.4 is 5.32 Å². The van der Waals surface area contributed by atoms with Crippen LogP contribution in [0.1, 0.15) is 31.6 Å². The van der Waals surface area contributed by atoms with Crippen molar-refractivity contribution in [1.82, 2.24) is 5.32 Å². The van der Waals surface area contributed by atoms with E-state index in [9.17, 15) is 14.7 Å². The van der Waals surface area contributed by atoms with Gasteiger partial charge in [-0.1, -0.05) is 19.9 Å². The van der Waals surface area contributed by atoms with Gasteiger partial charge >= 0.3 is 5.97 Å². The lowest BCUT2D eigenvalue weighted by Gasteiger charge is -2.27. The van der Waals surface area contributed by atoms with Gasteiger partial charge in [0.2, 0.25) is 5.91 Å². The molecule has 1 heterocycles. The molecule has 0 radical (unpaired) electrons. The Morgan fingerprint density at radius 1 is 1.41 bits per heavy atom. The van der Waals surface area contributed by atoms with Crippen LogP contribution in [0.2, 0.25) is 0 Å². The van der Waals surface area contributed by atoms with E-state index in [1.165, 1.54) is 11.3 Å². The van der Waals surface area contributed by atoms with Gasteiger partial charge in [-0.3, -0.25) is 4.79 Å². The van der Waals surface area contributed by atoms with Gasteiger partial charge in [0.05, 0.1) is 6.42 Å². The molecule has 17 heavy (non-hydrogen) atoms. The molecule has 1 aromatic heterocycles. The number of carboxylic acids is 1. The van der Waals surface area contributed by atoms with Crippen molar-refractivity contribution in [3.8, 4) is 0 Å². The highest BCUT2D eigenvalue weighted by atomic mass is 32.1. The Hall–Kier alpha value is -1.36. The zero-order valence-electron chi connectivity index (χ0n) is 10.0. The smallest absolute Gasteiger partial charge is 0.329 e. The van der Waals surface area contributed by atoms with Gasteiger partial charge in [0.1, 0.15) is 5.54 Å². The maximum Gasteiger partial charge on any atom is 0.329 e. The lowest BCUT2D eigenvalue weighted by atomic mass is 9.93. The lowest BCUT2D eigenvalue weighted by Crippen LogP contribution is -2.54. The zero-order chi connectivity index (χ0) is 12.9. The Morgan fingerprint density at radius 2 is 2.06 bits per heavy atom. The van der Waals surface area contributed by atoms with Crippen molar-refractivity contribution in [2.45, 2.75) is 38.6 Å². The van der Waals surface area contributed by atoms with E-state index in [0.29, 0.717) is 12.8 Å². The molecule has 0 atom stereocenters. The largest absolute Gasteiger partial charge is 0.480 e. The summed E-state index contributed by atoms with van der Waals surface area (Å²) in [5.41, 5.74) is -1.13. The molecular weight excluding hydrogens is 238 g/mol. The Bertz CT molecular complexity index is 382.